The zero-order valence-corrected chi connectivity index (χ0v) is 10.9. The van der Waals surface area contributed by atoms with Crippen LogP contribution >= 0.6 is 0 Å². The van der Waals surface area contributed by atoms with E-state index in [1.54, 1.807) is 0 Å². The molecule has 0 aliphatic rings. The SMILES string of the molecule is CN(CCS(C)(=O)=O)C(=O)c1ccc(F)cc1O. The van der Waals surface area contributed by atoms with E-state index in [0.29, 0.717) is 0 Å². The van der Waals surface area contributed by atoms with Crippen LogP contribution in [0, 0.1) is 5.82 Å². The first-order valence-corrected chi connectivity index (χ1v) is 7.18. The molecule has 0 fully saturated rings. The summed E-state index contributed by atoms with van der Waals surface area (Å²) < 4.78 is 34.7. The molecule has 0 aliphatic heterocycles. The van der Waals surface area contributed by atoms with Crippen LogP contribution in [0.25, 0.3) is 0 Å². The maximum absolute atomic E-state index is 12.8. The fourth-order valence-electron chi connectivity index (χ4n) is 1.30. The van der Waals surface area contributed by atoms with Gasteiger partial charge in [-0.05, 0) is 12.1 Å². The van der Waals surface area contributed by atoms with E-state index in [1.165, 1.54) is 7.05 Å². The van der Waals surface area contributed by atoms with E-state index in [1.807, 2.05) is 0 Å². The lowest BCUT2D eigenvalue weighted by Gasteiger charge is -2.17. The van der Waals surface area contributed by atoms with E-state index in [0.717, 1.165) is 29.4 Å². The zero-order chi connectivity index (χ0) is 13.9. The lowest BCUT2D eigenvalue weighted by molar-refractivity contribution is 0.0800. The molecule has 0 heterocycles. The average Bonchev–Trinajstić information content (AvgIpc) is 2.24. The summed E-state index contributed by atoms with van der Waals surface area (Å²) in [6.45, 7) is 0.00842. The van der Waals surface area contributed by atoms with Crippen molar-refractivity contribution in [1.29, 1.82) is 0 Å². The molecule has 1 amide bonds. The number of sulfone groups is 1. The standard InChI is InChI=1S/C11H14FNO4S/c1-13(5-6-18(2,16)17)11(15)9-4-3-8(12)7-10(9)14/h3-4,7,14H,5-6H2,1-2H3. The molecule has 100 valence electrons. The highest BCUT2D eigenvalue weighted by Crippen LogP contribution is 2.19. The number of phenolic OH excluding ortho intramolecular Hbond substituents is 1. The number of amides is 1. The number of halogens is 1. The van der Waals surface area contributed by atoms with E-state index in [4.69, 9.17) is 0 Å². The van der Waals surface area contributed by atoms with Crippen molar-refractivity contribution in [3.05, 3.63) is 29.6 Å². The first-order valence-electron chi connectivity index (χ1n) is 5.12. The Bertz CT molecular complexity index is 556. The van der Waals surface area contributed by atoms with E-state index < -0.39 is 27.3 Å². The molecular formula is C11H14FNO4S. The Morgan fingerprint density at radius 2 is 2.06 bits per heavy atom. The minimum atomic E-state index is -3.17. The molecule has 0 unspecified atom stereocenters. The third-order valence-electron chi connectivity index (χ3n) is 2.33. The van der Waals surface area contributed by atoms with Crippen molar-refractivity contribution in [1.82, 2.24) is 4.90 Å². The second-order valence-electron chi connectivity index (χ2n) is 4.02. The van der Waals surface area contributed by atoms with Crippen molar-refractivity contribution in [2.24, 2.45) is 0 Å². The number of rotatable bonds is 4. The monoisotopic (exact) mass is 275 g/mol. The largest absolute Gasteiger partial charge is 0.507 e. The Morgan fingerprint density at radius 1 is 1.44 bits per heavy atom. The van der Waals surface area contributed by atoms with Crippen molar-refractivity contribution < 1.29 is 22.7 Å². The van der Waals surface area contributed by atoms with Gasteiger partial charge in [-0.1, -0.05) is 0 Å². The Morgan fingerprint density at radius 3 is 2.56 bits per heavy atom. The van der Waals surface area contributed by atoms with Crippen LogP contribution in [0.5, 0.6) is 5.75 Å². The van der Waals surface area contributed by atoms with Gasteiger partial charge in [-0.25, -0.2) is 12.8 Å². The zero-order valence-electron chi connectivity index (χ0n) is 10.1. The first kappa shape index (κ1) is 14.4. The fraction of sp³-hybridized carbons (Fsp3) is 0.364. The van der Waals surface area contributed by atoms with Crippen LogP contribution in [-0.2, 0) is 9.84 Å². The van der Waals surface area contributed by atoms with E-state index in [2.05, 4.69) is 0 Å². The van der Waals surface area contributed by atoms with Crippen molar-refractivity contribution >= 4 is 15.7 Å². The summed E-state index contributed by atoms with van der Waals surface area (Å²) in [4.78, 5) is 13.0. The highest BCUT2D eigenvalue weighted by atomic mass is 32.2. The molecule has 18 heavy (non-hydrogen) atoms. The molecule has 0 atom stereocenters. The maximum Gasteiger partial charge on any atom is 0.257 e. The molecule has 7 heteroatoms. The van der Waals surface area contributed by atoms with Gasteiger partial charge >= 0.3 is 0 Å². The molecule has 1 aromatic carbocycles. The van der Waals surface area contributed by atoms with Crippen LogP contribution in [0.2, 0.25) is 0 Å². The normalized spacial score (nSPS) is 11.3. The van der Waals surface area contributed by atoms with Gasteiger partial charge in [0.25, 0.3) is 5.91 Å². The molecule has 0 saturated carbocycles. The summed E-state index contributed by atoms with van der Waals surface area (Å²) in [5, 5.41) is 9.43. The van der Waals surface area contributed by atoms with Crippen LogP contribution in [0.3, 0.4) is 0 Å². The van der Waals surface area contributed by atoms with Crippen molar-refractivity contribution in [3.63, 3.8) is 0 Å². The summed E-state index contributed by atoms with van der Waals surface area (Å²) >= 11 is 0. The van der Waals surface area contributed by atoms with Gasteiger partial charge in [-0.3, -0.25) is 4.79 Å². The molecule has 1 N–H and O–H groups in total. The molecule has 5 nitrogen and oxygen atoms in total. The molecule has 0 radical (unpaired) electrons. The lowest BCUT2D eigenvalue weighted by Crippen LogP contribution is -2.31. The van der Waals surface area contributed by atoms with E-state index in [-0.39, 0.29) is 17.9 Å². The molecule has 0 bridgehead atoms. The molecule has 0 spiro atoms. The smallest absolute Gasteiger partial charge is 0.257 e. The van der Waals surface area contributed by atoms with Gasteiger partial charge in [0.05, 0.1) is 11.3 Å². The quantitative estimate of drug-likeness (QED) is 0.875. The van der Waals surface area contributed by atoms with Crippen LogP contribution in [0.15, 0.2) is 18.2 Å². The minimum absolute atomic E-state index is 0.00842. The van der Waals surface area contributed by atoms with Gasteiger partial charge in [-0.2, -0.15) is 0 Å². The third kappa shape index (κ3) is 3.99. The lowest BCUT2D eigenvalue weighted by atomic mass is 10.1. The van der Waals surface area contributed by atoms with Gasteiger partial charge in [-0.15, -0.1) is 0 Å². The van der Waals surface area contributed by atoms with Gasteiger partial charge in [0.15, 0.2) is 0 Å². The summed E-state index contributed by atoms with van der Waals surface area (Å²) in [6.07, 6.45) is 1.07. The number of benzene rings is 1. The molecular weight excluding hydrogens is 261 g/mol. The Kier molecular flexibility index (Phi) is 4.28. The number of carbonyl (C=O) groups excluding carboxylic acids is 1. The summed E-state index contributed by atoms with van der Waals surface area (Å²) in [7, 11) is -1.76. The highest BCUT2D eigenvalue weighted by Gasteiger charge is 2.17. The molecule has 1 aromatic rings. The number of hydrogen-bond donors (Lipinski definition) is 1. The van der Waals surface area contributed by atoms with Crippen LogP contribution in [0.1, 0.15) is 10.4 Å². The number of aromatic hydroxyl groups is 1. The number of nitrogens with zero attached hydrogens (tertiary/aromatic N) is 1. The Hall–Kier alpha value is -1.63. The molecule has 0 aromatic heterocycles. The van der Waals surface area contributed by atoms with Crippen LogP contribution < -0.4 is 0 Å². The minimum Gasteiger partial charge on any atom is -0.507 e. The van der Waals surface area contributed by atoms with E-state index >= 15 is 0 Å². The Balaban J connectivity index is 2.80. The number of phenols is 1. The maximum atomic E-state index is 12.8. The van der Waals surface area contributed by atoms with Crippen molar-refractivity contribution in [2.75, 3.05) is 25.6 Å². The molecule has 0 aliphatic carbocycles. The average molecular weight is 275 g/mol. The predicted octanol–water partition coefficient (Wildman–Crippen LogP) is 0.648. The third-order valence-corrected chi connectivity index (χ3v) is 3.26. The summed E-state index contributed by atoms with van der Waals surface area (Å²) in [5.74, 6) is -1.85. The van der Waals surface area contributed by atoms with Crippen LogP contribution in [0.4, 0.5) is 4.39 Å². The Labute approximate surface area is 105 Å². The molecule has 0 saturated heterocycles. The molecule has 1 rings (SSSR count). The predicted molar refractivity (Wildman–Crippen MR) is 64.7 cm³/mol. The van der Waals surface area contributed by atoms with Crippen molar-refractivity contribution in [2.45, 2.75) is 0 Å². The second-order valence-corrected chi connectivity index (χ2v) is 6.28. The van der Waals surface area contributed by atoms with Gasteiger partial charge in [0.2, 0.25) is 0 Å². The highest BCUT2D eigenvalue weighted by molar-refractivity contribution is 7.90. The topological polar surface area (TPSA) is 74.7 Å². The summed E-state index contributed by atoms with van der Waals surface area (Å²) in [5.41, 5.74) is -0.0626. The fourth-order valence-corrected chi connectivity index (χ4v) is 1.90. The number of carbonyl (C=O) groups is 1. The van der Waals surface area contributed by atoms with Gasteiger partial charge < -0.3 is 10.0 Å². The first-order chi connectivity index (χ1) is 8.20. The summed E-state index contributed by atoms with van der Waals surface area (Å²) in [6, 6.07) is 3.04. The van der Waals surface area contributed by atoms with E-state index in [9.17, 15) is 22.7 Å². The number of hydrogen-bond acceptors (Lipinski definition) is 4. The second kappa shape index (κ2) is 5.34. The van der Waals surface area contributed by atoms with Gasteiger partial charge in [0.1, 0.15) is 21.4 Å². The van der Waals surface area contributed by atoms with Crippen molar-refractivity contribution in [3.8, 4) is 5.75 Å². The van der Waals surface area contributed by atoms with Gasteiger partial charge in [0, 0.05) is 25.9 Å². The van der Waals surface area contributed by atoms with Crippen LogP contribution in [-0.4, -0.2) is 49.9 Å².